The van der Waals surface area contributed by atoms with Gasteiger partial charge in [-0.15, -0.1) is 0 Å². The van der Waals surface area contributed by atoms with E-state index in [1.807, 2.05) is 0 Å². The summed E-state index contributed by atoms with van der Waals surface area (Å²) in [7, 11) is -3.74. The first kappa shape index (κ1) is 21.1. The van der Waals surface area contributed by atoms with Crippen molar-refractivity contribution in [2.45, 2.75) is 31.7 Å². The zero-order valence-corrected chi connectivity index (χ0v) is 15.4. The van der Waals surface area contributed by atoms with Crippen molar-refractivity contribution in [3.63, 3.8) is 0 Å². The highest BCUT2D eigenvalue weighted by atomic mass is 32.2. The molecule has 0 fully saturated rings. The number of hydrogen-bond donors (Lipinski definition) is 3. The minimum absolute atomic E-state index is 0.00600. The summed E-state index contributed by atoms with van der Waals surface area (Å²) in [6.45, 7) is 7.48. The van der Waals surface area contributed by atoms with Crippen LogP contribution >= 0.6 is 0 Å². The number of hydrogen-bond acceptors (Lipinski definition) is 5. The zero-order valence-electron chi connectivity index (χ0n) is 14.6. The second-order valence-electron chi connectivity index (χ2n) is 5.51. The number of rotatable bonds is 9. The Labute approximate surface area is 148 Å². The number of carbonyl (C=O) groups excluding carboxylic acids is 2. The number of nitrogens with one attached hydrogen (secondary N) is 2. The van der Waals surface area contributed by atoms with Crippen molar-refractivity contribution < 1.29 is 18.0 Å². The lowest BCUT2D eigenvalue weighted by molar-refractivity contribution is -0.139. The second-order valence-corrected chi connectivity index (χ2v) is 7.07. The van der Waals surface area contributed by atoms with Crippen molar-refractivity contribution in [3.8, 4) is 0 Å². The van der Waals surface area contributed by atoms with Gasteiger partial charge in [-0.3, -0.25) is 9.59 Å². The molecule has 0 spiro atoms. The van der Waals surface area contributed by atoms with Crippen LogP contribution in [0.25, 0.3) is 0 Å². The Bertz CT molecular complexity index is 670. The van der Waals surface area contributed by atoms with Crippen LogP contribution in [0.15, 0.2) is 29.2 Å². The second kappa shape index (κ2) is 10.1. The number of primary sulfonamides is 1. The first-order chi connectivity index (χ1) is 11.8. The van der Waals surface area contributed by atoms with Gasteiger partial charge in [0.2, 0.25) is 10.0 Å². The van der Waals surface area contributed by atoms with Crippen LogP contribution in [0.5, 0.6) is 0 Å². The van der Waals surface area contributed by atoms with Gasteiger partial charge in [0.1, 0.15) is 0 Å². The van der Waals surface area contributed by atoms with Crippen LogP contribution in [-0.2, 0) is 26.2 Å². The Kier molecular flexibility index (Phi) is 8.53. The SMILES string of the molecule is CCN(CC)CCCNC(=O)C(=O)NCc1ccc(S(N)(=O)=O)cc1. The van der Waals surface area contributed by atoms with E-state index in [1.165, 1.54) is 24.3 Å². The molecule has 8 nitrogen and oxygen atoms in total. The molecule has 0 saturated heterocycles. The highest BCUT2D eigenvalue weighted by Gasteiger charge is 2.13. The third-order valence-electron chi connectivity index (χ3n) is 3.74. The van der Waals surface area contributed by atoms with E-state index >= 15 is 0 Å². The molecule has 1 aromatic carbocycles. The molecule has 0 saturated carbocycles. The van der Waals surface area contributed by atoms with Gasteiger partial charge < -0.3 is 15.5 Å². The minimum Gasteiger partial charge on any atom is -0.348 e. The molecule has 0 aliphatic rings. The van der Waals surface area contributed by atoms with Crippen LogP contribution in [0.3, 0.4) is 0 Å². The summed E-state index contributed by atoms with van der Waals surface area (Å²) >= 11 is 0. The normalized spacial score (nSPS) is 11.4. The molecular formula is C16H26N4O4S. The van der Waals surface area contributed by atoms with E-state index in [4.69, 9.17) is 5.14 Å². The molecule has 0 atom stereocenters. The van der Waals surface area contributed by atoms with Gasteiger partial charge >= 0.3 is 11.8 Å². The number of nitrogens with zero attached hydrogens (tertiary/aromatic N) is 1. The molecule has 25 heavy (non-hydrogen) atoms. The van der Waals surface area contributed by atoms with Crippen molar-refractivity contribution in [2.24, 2.45) is 5.14 Å². The minimum atomic E-state index is -3.74. The summed E-state index contributed by atoms with van der Waals surface area (Å²) in [5, 5.41) is 10.1. The number of amides is 2. The van der Waals surface area contributed by atoms with Crippen molar-refractivity contribution in [3.05, 3.63) is 29.8 Å². The highest BCUT2D eigenvalue weighted by molar-refractivity contribution is 7.89. The maximum Gasteiger partial charge on any atom is 0.309 e. The molecule has 0 heterocycles. The fourth-order valence-corrected chi connectivity index (χ4v) is 2.70. The van der Waals surface area contributed by atoms with Crippen molar-refractivity contribution >= 4 is 21.8 Å². The fourth-order valence-electron chi connectivity index (χ4n) is 2.18. The predicted octanol–water partition coefficient (Wildman–Crippen LogP) is -0.202. The first-order valence-corrected chi connectivity index (χ1v) is 9.72. The Balaban J connectivity index is 2.35. The van der Waals surface area contributed by atoms with E-state index in [2.05, 4.69) is 29.4 Å². The largest absolute Gasteiger partial charge is 0.348 e. The van der Waals surface area contributed by atoms with Crippen molar-refractivity contribution in [1.82, 2.24) is 15.5 Å². The van der Waals surface area contributed by atoms with Crippen molar-refractivity contribution in [2.75, 3.05) is 26.2 Å². The summed E-state index contributed by atoms with van der Waals surface area (Å²) in [6, 6.07) is 5.76. The molecule has 0 aliphatic carbocycles. The van der Waals surface area contributed by atoms with Gasteiger partial charge in [-0.05, 0) is 43.8 Å². The lowest BCUT2D eigenvalue weighted by atomic mass is 10.2. The smallest absolute Gasteiger partial charge is 0.309 e. The van der Waals surface area contributed by atoms with Gasteiger partial charge in [-0.2, -0.15) is 0 Å². The van der Waals surface area contributed by atoms with Crippen LogP contribution < -0.4 is 15.8 Å². The van der Waals surface area contributed by atoms with Gasteiger partial charge in [0, 0.05) is 13.1 Å². The summed E-state index contributed by atoms with van der Waals surface area (Å²) in [4.78, 5) is 25.7. The molecule has 0 bridgehead atoms. The highest BCUT2D eigenvalue weighted by Crippen LogP contribution is 2.08. The summed E-state index contributed by atoms with van der Waals surface area (Å²) in [5.74, 6) is -1.40. The van der Waals surface area contributed by atoms with Gasteiger partial charge in [0.15, 0.2) is 0 Å². The van der Waals surface area contributed by atoms with E-state index in [-0.39, 0.29) is 11.4 Å². The fraction of sp³-hybridized carbons (Fsp3) is 0.500. The van der Waals surface area contributed by atoms with Crippen LogP contribution in [0, 0.1) is 0 Å². The Morgan fingerprint density at radius 2 is 1.60 bits per heavy atom. The molecular weight excluding hydrogens is 344 g/mol. The average Bonchev–Trinajstić information content (AvgIpc) is 2.59. The topological polar surface area (TPSA) is 122 Å². The van der Waals surface area contributed by atoms with Crippen LogP contribution in [0.4, 0.5) is 0 Å². The molecule has 2 amide bonds. The van der Waals surface area contributed by atoms with Gasteiger partial charge in [0.25, 0.3) is 0 Å². The Morgan fingerprint density at radius 3 is 2.12 bits per heavy atom. The van der Waals surface area contributed by atoms with Crippen molar-refractivity contribution in [1.29, 1.82) is 0 Å². The molecule has 0 radical (unpaired) electrons. The molecule has 1 aromatic rings. The molecule has 0 aliphatic heterocycles. The lowest BCUT2D eigenvalue weighted by Gasteiger charge is -2.17. The van der Waals surface area contributed by atoms with Crippen LogP contribution in [0.1, 0.15) is 25.8 Å². The van der Waals surface area contributed by atoms with Gasteiger partial charge in [0.05, 0.1) is 4.90 Å². The molecule has 0 unspecified atom stereocenters. The van der Waals surface area contributed by atoms with Gasteiger partial charge in [-0.25, -0.2) is 13.6 Å². The predicted molar refractivity (Wildman–Crippen MR) is 95.1 cm³/mol. The van der Waals surface area contributed by atoms with Gasteiger partial charge in [-0.1, -0.05) is 26.0 Å². The Hall–Kier alpha value is -1.97. The monoisotopic (exact) mass is 370 g/mol. The van der Waals surface area contributed by atoms with Crippen LogP contribution in [0.2, 0.25) is 0 Å². The maximum absolute atomic E-state index is 11.7. The average molecular weight is 370 g/mol. The molecule has 140 valence electrons. The standard InChI is InChI=1S/C16H26N4O4S/c1-3-20(4-2)11-5-10-18-15(21)16(22)19-12-13-6-8-14(9-7-13)25(17,23)24/h6-9H,3-5,10-12H2,1-2H3,(H,18,21)(H,19,22)(H2,17,23,24). The zero-order chi connectivity index (χ0) is 18.9. The maximum atomic E-state index is 11.7. The number of benzene rings is 1. The molecule has 4 N–H and O–H groups in total. The molecule has 0 aromatic heterocycles. The molecule has 1 rings (SSSR count). The summed E-state index contributed by atoms with van der Waals surface area (Å²) < 4.78 is 22.3. The summed E-state index contributed by atoms with van der Waals surface area (Å²) in [6.07, 6.45) is 0.774. The number of nitrogens with two attached hydrogens (primary N) is 1. The van der Waals surface area contributed by atoms with E-state index in [9.17, 15) is 18.0 Å². The van der Waals surface area contributed by atoms with E-state index in [0.717, 1.165) is 26.1 Å². The van der Waals surface area contributed by atoms with Crippen LogP contribution in [-0.4, -0.2) is 51.3 Å². The van der Waals surface area contributed by atoms with E-state index < -0.39 is 21.8 Å². The number of carbonyl (C=O) groups is 2. The summed E-state index contributed by atoms with van der Waals surface area (Å²) in [5.41, 5.74) is 0.662. The molecule has 9 heteroatoms. The first-order valence-electron chi connectivity index (χ1n) is 8.18. The third-order valence-corrected chi connectivity index (χ3v) is 4.67. The number of sulfonamides is 1. The van der Waals surface area contributed by atoms with E-state index in [0.29, 0.717) is 12.1 Å². The Morgan fingerprint density at radius 1 is 1.04 bits per heavy atom. The lowest BCUT2D eigenvalue weighted by Crippen LogP contribution is -2.40. The third kappa shape index (κ3) is 7.63. The van der Waals surface area contributed by atoms with E-state index in [1.54, 1.807) is 0 Å². The quantitative estimate of drug-likeness (QED) is 0.410.